The van der Waals surface area contributed by atoms with E-state index in [2.05, 4.69) is 9.97 Å². The van der Waals surface area contributed by atoms with Gasteiger partial charge in [-0.1, -0.05) is 6.92 Å². The molecule has 1 aliphatic rings. The molecule has 2 heterocycles. The van der Waals surface area contributed by atoms with Gasteiger partial charge in [-0.15, -0.1) is 0 Å². The number of nitrogens with zero attached hydrogens (tertiary/aromatic N) is 4. The lowest BCUT2D eigenvalue weighted by atomic mass is 9.87. The fraction of sp³-hybridized carbons (Fsp3) is 0.455. The van der Waals surface area contributed by atoms with Gasteiger partial charge in [0.05, 0.1) is 54.0 Å². The van der Waals surface area contributed by atoms with Crippen molar-refractivity contribution in [2.45, 2.75) is 76.2 Å². The highest BCUT2D eigenvalue weighted by molar-refractivity contribution is 5.90. The summed E-state index contributed by atoms with van der Waals surface area (Å²) in [4.78, 5) is 34.8. The molecule has 0 unspecified atom stereocenters. The molecule has 19 heteroatoms. The lowest BCUT2D eigenvalue weighted by Gasteiger charge is -2.44. The van der Waals surface area contributed by atoms with Crippen LogP contribution in [0, 0.1) is 0 Å². The molecule has 0 saturated carbocycles. The first-order valence-electron chi connectivity index (χ1n) is 15.8. The fourth-order valence-corrected chi connectivity index (χ4v) is 5.73. The Labute approximate surface area is 290 Å². The molecule has 2 atom stereocenters. The van der Waals surface area contributed by atoms with Crippen LogP contribution < -0.4 is 14.5 Å². The Morgan fingerprint density at radius 2 is 1.50 bits per heavy atom. The molecule has 52 heavy (non-hydrogen) atoms. The summed E-state index contributed by atoms with van der Waals surface area (Å²) in [5.41, 5.74) is -5.14. The van der Waals surface area contributed by atoms with Gasteiger partial charge in [-0.3, -0.25) is 9.69 Å². The number of carboxylic acids is 1. The SMILES string of the molecule is CC[C@@H]1C[C@H](N(Cc2cc(C(F)(F)F)cc(C(F)(F)F)c2)c2ncc(OCCO)cn2)c2cc(C(F)(F)F)ccc2N1C(=O)OCCCCC(=O)O. The Balaban J connectivity index is 1.87. The van der Waals surface area contributed by atoms with Crippen molar-refractivity contribution in [2.24, 2.45) is 0 Å². The number of carbonyl (C=O) groups excluding carboxylic acids is 1. The largest absolute Gasteiger partial charge is 0.488 e. The highest BCUT2D eigenvalue weighted by Gasteiger charge is 2.42. The van der Waals surface area contributed by atoms with Crippen LogP contribution in [0.4, 0.5) is 55.9 Å². The van der Waals surface area contributed by atoms with Gasteiger partial charge in [-0.25, -0.2) is 14.8 Å². The highest BCUT2D eigenvalue weighted by atomic mass is 19.4. The number of aliphatic carboxylic acids is 1. The summed E-state index contributed by atoms with van der Waals surface area (Å²) in [7, 11) is 0. The summed E-state index contributed by atoms with van der Waals surface area (Å²) < 4.78 is 136. The monoisotopic (exact) mass is 752 g/mol. The number of hydrogen-bond acceptors (Lipinski definition) is 8. The average molecular weight is 753 g/mol. The van der Waals surface area contributed by atoms with Crippen molar-refractivity contribution in [1.29, 1.82) is 0 Å². The van der Waals surface area contributed by atoms with Crippen molar-refractivity contribution in [2.75, 3.05) is 29.6 Å². The number of alkyl halides is 9. The molecule has 0 aliphatic carbocycles. The number of benzene rings is 2. The van der Waals surface area contributed by atoms with Crippen LogP contribution in [0.25, 0.3) is 0 Å². The zero-order valence-corrected chi connectivity index (χ0v) is 27.4. The molecule has 2 aromatic carbocycles. The molecule has 0 bridgehead atoms. The number of fused-ring (bicyclic) bond motifs is 1. The van der Waals surface area contributed by atoms with E-state index in [9.17, 15) is 49.1 Å². The second-order valence-electron chi connectivity index (χ2n) is 11.8. The van der Waals surface area contributed by atoms with Gasteiger partial charge in [0.15, 0.2) is 5.75 Å². The van der Waals surface area contributed by atoms with Crippen LogP contribution in [0.1, 0.15) is 72.9 Å². The Morgan fingerprint density at radius 3 is 2.04 bits per heavy atom. The standard InChI is InChI=1S/C33H33F9N4O6/c1-2-23-15-27(25-14-20(31(34,35)36)6-7-26(25)46(23)30(50)52-9-4-3-5-28(48)49)45(29-43-16-24(17-44-29)51-10-8-47)18-19-11-21(32(37,38)39)13-22(12-19)33(40,41)42/h6-7,11-14,16-17,23,27,47H,2-5,8-10,15,18H2,1H3,(H,48,49)/t23-,27+/m1/s1. The first kappa shape index (κ1) is 40.0. The molecule has 10 nitrogen and oxygen atoms in total. The van der Waals surface area contributed by atoms with Crippen molar-refractivity contribution in [3.63, 3.8) is 0 Å². The Bertz CT molecular complexity index is 1670. The normalized spacial score (nSPS) is 16.3. The summed E-state index contributed by atoms with van der Waals surface area (Å²) in [5.74, 6) is -1.34. The number of halogens is 9. The van der Waals surface area contributed by atoms with E-state index in [1.54, 1.807) is 6.92 Å². The number of ether oxygens (including phenoxy) is 2. The summed E-state index contributed by atoms with van der Waals surface area (Å²) in [5, 5.41) is 17.9. The number of anilines is 2. The van der Waals surface area contributed by atoms with Gasteiger partial charge in [-0.2, -0.15) is 39.5 Å². The van der Waals surface area contributed by atoms with Crippen molar-refractivity contribution in [3.05, 3.63) is 76.6 Å². The number of hydrogen-bond donors (Lipinski definition) is 2. The zero-order valence-electron chi connectivity index (χ0n) is 27.4. The molecule has 1 aromatic heterocycles. The minimum absolute atomic E-state index is 0.0308. The van der Waals surface area contributed by atoms with E-state index >= 15 is 0 Å². The minimum atomic E-state index is -5.19. The topological polar surface area (TPSA) is 125 Å². The maximum absolute atomic E-state index is 14.1. The fourth-order valence-electron chi connectivity index (χ4n) is 5.73. The maximum Gasteiger partial charge on any atom is 0.416 e. The van der Waals surface area contributed by atoms with Crippen LogP contribution in [0.15, 0.2) is 48.8 Å². The second kappa shape index (κ2) is 16.2. The number of aromatic nitrogens is 2. The molecule has 0 spiro atoms. The van der Waals surface area contributed by atoms with Gasteiger partial charge in [0.25, 0.3) is 0 Å². The van der Waals surface area contributed by atoms with Crippen LogP contribution >= 0.6 is 0 Å². The summed E-state index contributed by atoms with van der Waals surface area (Å²) >= 11 is 0. The minimum Gasteiger partial charge on any atom is -0.488 e. The van der Waals surface area contributed by atoms with E-state index in [4.69, 9.17) is 19.7 Å². The van der Waals surface area contributed by atoms with Gasteiger partial charge in [0, 0.05) is 19.0 Å². The van der Waals surface area contributed by atoms with Gasteiger partial charge < -0.3 is 24.6 Å². The van der Waals surface area contributed by atoms with E-state index in [1.165, 1.54) is 0 Å². The predicted octanol–water partition coefficient (Wildman–Crippen LogP) is 8.03. The second-order valence-corrected chi connectivity index (χ2v) is 11.8. The van der Waals surface area contributed by atoms with Gasteiger partial charge in [0.2, 0.25) is 5.95 Å². The smallest absolute Gasteiger partial charge is 0.416 e. The molecule has 1 amide bonds. The molecular weight excluding hydrogens is 719 g/mol. The third kappa shape index (κ3) is 9.95. The number of unbranched alkanes of at least 4 members (excludes halogenated alkanes) is 1. The Kier molecular flexibility index (Phi) is 12.5. The van der Waals surface area contributed by atoms with Crippen molar-refractivity contribution in [1.82, 2.24) is 9.97 Å². The molecule has 4 rings (SSSR count). The molecule has 0 fully saturated rings. The molecule has 0 saturated heterocycles. The molecule has 1 aliphatic heterocycles. The number of amides is 1. The predicted molar refractivity (Wildman–Crippen MR) is 165 cm³/mol. The average Bonchev–Trinajstić information content (AvgIpc) is 3.07. The summed E-state index contributed by atoms with van der Waals surface area (Å²) in [6.45, 7) is 0.136. The van der Waals surface area contributed by atoms with Gasteiger partial charge in [-0.05, 0) is 73.2 Å². The van der Waals surface area contributed by atoms with E-state index < -0.39 is 71.5 Å². The molecule has 3 aromatic rings. The van der Waals surface area contributed by atoms with E-state index in [-0.39, 0.29) is 80.9 Å². The quantitative estimate of drug-likeness (QED) is 0.132. The van der Waals surface area contributed by atoms with E-state index in [0.717, 1.165) is 40.4 Å². The van der Waals surface area contributed by atoms with Crippen LogP contribution in [-0.2, 0) is 34.6 Å². The Morgan fingerprint density at radius 1 is 0.885 bits per heavy atom. The lowest BCUT2D eigenvalue weighted by molar-refractivity contribution is -0.143. The van der Waals surface area contributed by atoms with Crippen molar-refractivity contribution >= 4 is 23.7 Å². The number of aliphatic hydroxyl groups is 1. The third-order valence-corrected chi connectivity index (χ3v) is 8.12. The Hall–Kier alpha value is -4.81. The lowest BCUT2D eigenvalue weighted by Crippen LogP contribution is -2.48. The van der Waals surface area contributed by atoms with Gasteiger partial charge >= 0.3 is 30.6 Å². The first-order chi connectivity index (χ1) is 24.3. The summed E-state index contributed by atoms with van der Waals surface area (Å²) in [6.07, 6.45) is -13.9. The molecule has 2 N–H and O–H groups in total. The van der Waals surface area contributed by atoms with Crippen molar-refractivity contribution in [3.8, 4) is 5.75 Å². The number of carboxylic acid groups (broad SMARTS) is 1. The number of aliphatic hydroxyl groups excluding tert-OH is 1. The van der Waals surface area contributed by atoms with Crippen LogP contribution in [0.3, 0.4) is 0 Å². The number of carbonyl (C=O) groups is 2. The van der Waals surface area contributed by atoms with Crippen LogP contribution in [0.5, 0.6) is 5.75 Å². The third-order valence-electron chi connectivity index (χ3n) is 8.12. The summed E-state index contributed by atoms with van der Waals surface area (Å²) in [6, 6.07) is 1.33. The zero-order chi connectivity index (χ0) is 38.4. The first-order valence-corrected chi connectivity index (χ1v) is 15.8. The van der Waals surface area contributed by atoms with E-state index in [1.807, 2.05) is 0 Å². The van der Waals surface area contributed by atoms with Crippen molar-refractivity contribution < 1.29 is 68.8 Å². The molecular formula is C33H33F9N4O6. The maximum atomic E-state index is 14.1. The highest BCUT2D eigenvalue weighted by Crippen LogP contribution is 2.46. The van der Waals surface area contributed by atoms with Gasteiger partial charge in [0.1, 0.15) is 6.61 Å². The molecule has 284 valence electrons. The van der Waals surface area contributed by atoms with E-state index in [0.29, 0.717) is 12.1 Å². The number of rotatable bonds is 13. The van der Waals surface area contributed by atoms with Crippen LogP contribution in [-0.4, -0.2) is 58.1 Å². The van der Waals surface area contributed by atoms with Crippen LogP contribution in [0.2, 0.25) is 0 Å². The molecule has 0 radical (unpaired) electrons.